The standard InChI is InChI=1S/C30H29NO11/c1-14-5-4-6-16(11-14)31-29(37)28-25(35)24(34)26(36)30(42-28)41-21-13-20-22(23(33)27(21)39-3)18(32)12-19(40-20)15-7-9-17(38-2)10-8-15/h4-13,24-26,28,30,33-36H,1-3H3,(H,31,37). The van der Waals surface area contributed by atoms with Crippen molar-refractivity contribution in [3.63, 3.8) is 0 Å². The lowest BCUT2D eigenvalue weighted by Crippen LogP contribution is -2.62. The van der Waals surface area contributed by atoms with Crippen LogP contribution in [0.25, 0.3) is 22.3 Å². The number of benzene rings is 3. The molecule has 1 fully saturated rings. The quantitative estimate of drug-likeness (QED) is 0.217. The lowest BCUT2D eigenvalue weighted by atomic mass is 9.98. The first-order valence-corrected chi connectivity index (χ1v) is 12.9. The zero-order valence-corrected chi connectivity index (χ0v) is 22.8. The van der Waals surface area contributed by atoms with Crippen LogP contribution < -0.4 is 25.0 Å². The first kappa shape index (κ1) is 28.9. The molecular weight excluding hydrogens is 550 g/mol. The number of methoxy groups -OCH3 is 2. The minimum Gasteiger partial charge on any atom is -0.504 e. The molecule has 0 aliphatic carbocycles. The van der Waals surface area contributed by atoms with E-state index in [1.54, 1.807) is 42.5 Å². The summed E-state index contributed by atoms with van der Waals surface area (Å²) < 4.78 is 27.7. The van der Waals surface area contributed by atoms with Gasteiger partial charge in [0, 0.05) is 23.4 Å². The molecular formula is C30H29NO11. The smallest absolute Gasteiger partial charge is 0.256 e. The molecule has 220 valence electrons. The summed E-state index contributed by atoms with van der Waals surface area (Å²) in [5.74, 6) is -1.13. The second-order valence-corrected chi connectivity index (χ2v) is 9.71. The Morgan fingerprint density at radius 2 is 1.67 bits per heavy atom. The Labute approximate surface area is 239 Å². The topological polar surface area (TPSA) is 177 Å². The van der Waals surface area contributed by atoms with Gasteiger partial charge in [-0.2, -0.15) is 0 Å². The summed E-state index contributed by atoms with van der Waals surface area (Å²) in [6.45, 7) is 1.83. The molecule has 2 heterocycles. The van der Waals surface area contributed by atoms with Crippen LogP contribution in [-0.2, 0) is 9.53 Å². The number of anilines is 1. The van der Waals surface area contributed by atoms with Crippen molar-refractivity contribution in [1.82, 2.24) is 0 Å². The fourth-order valence-electron chi connectivity index (χ4n) is 4.67. The Balaban J connectivity index is 1.48. The fourth-order valence-corrected chi connectivity index (χ4v) is 4.67. The van der Waals surface area contributed by atoms with Gasteiger partial charge < -0.3 is 49.1 Å². The summed E-state index contributed by atoms with van der Waals surface area (Å²) in [4.78, 5) is 26.0. The molecule has 12 heteroatoms. The zero-order chi connectivity index (χ0) is 30.1. The van der Waals surface area contributed by atoms with Crippen molar-refractivity contribution < 1.29 is 48.6 Å². The number of carbonyl (C=O) groups excluding carboxylic acids is 1. The molecule has 5 rings (SSSR count). The number of fused-ring (bicyclic) bond motifs is 1. The molecule has 0 radical (unpaired) electrons. The van der Waals surface area contributed by atoms with Crippen LogP contribution in [0.5, 0.6) is 23.0 Å². The third-order valence-electron chi connectivity index (χ3n) is 6.85. The number of aliphatic hydroxyl groups is 3. The first-order chi connectivity index (χ1) is 20.1. The summed E-state index contributed by atoms with van der Waals surface area (Å²) >= 11 is 0. The number of hydrogen-bond acceptors (Lipinski definition) is 11. The number of aryl methyl sites for hydroxylation is 1. The van der Waals surface area contributed by atoms with Crippen LogP contribution in [0.2, 0.25) is 0 Å². The predicted molar refractivity (Wildman–Crippen MR) is 150 cm³/mol. The van der Waals surface area contributed by atoms with Gasteiger partial charge in [-0.05, 0) is 48.9 Å². The van der Waals surface area contributed by atoms with E-state index in [0.717, 1.165) is 5.56 Å². The average Bonchev–Trinajstić information content (AvgIpc) is 2.97. The molecule has 0 bridgehead atoms. The van der Waals surface area contributed by atoms with Crippen molar-refractivity contribution in [2.24, 2.45) is 0 Å². The minimum absolute atomic E-state index is 0.0822. The number of carbonyl (C=O) groups is 1. The molecule has 5 atom stereocenters. The van der Waals surface area contributed by atoms with Crippen LogP contribution in [0.3, 0.4) is 0 Å². The number of rotatable bonds is 7. The van der Waals surface area contributed by atoms with E-state index < -0.39 is 47.8 Å². The lowest BCUT2D eigenvalue weighted by Gasteiger charge is -2.39. The lowest BCUT2D eigenvalue weighted by molar-refractivity contribution is -0.265. The van der Waals surface area contributed by atoms with E-state index in [1.165, 1.54) is 26.4 Å². The van der Waals surface area contributed by atoms with Gasteiger partial charge in [-0.1, -0.05) is 12.1 Å². The van der Waals surface area contributed by atoms with Crippen molar-refractivity contribution in [2.45, 2.75) is 37.6 Å². The van der Waals surface area contributed by atoms with Crippen molar-refractivity contribution in [1.29, 1.82) is 0 Å². The Kier molecular flexibility index (Phi) is 8.05. The molecule has 1 aliphatic rings. The van der Waals surface area contributed by atoms with E-state index in [4.69, 9.17) is 23.4 Å². The normalized spacial score (nSPS) is 22.0. The van der Waals surface area contributed by atoms with Crippen molar-refractivity contribution in [3.8, 4) is 34.3 Å². The summed E-state index contributed by atoms with van der Waals surface area (Å²) in [6, 6.07) is 16.1. The fraction of sp³-hybridized carbons (Fsp3) is 0.267. The molecule has 1 saturated heterocycles. The number of hydrogen-bond donors (Lipinski definition) is 5. The third kappa shape index (κ3) is 5.48. The molecule has 4 aromatic rings. The van der Waals surface area contributed by atoms with Crippen LogP contribution in [0, 0.1) is 6.92 Å². The highest BCUT2D eigenvalue weighted by Gasteiger charge is 2.48. The number of nitrogens with one attached hydrogen (secondary N) is 1. The van der Waals surface area contributed by atoms with Gasteiger partial charge in [0.25, 0.3) is 5.91 Å². The summed E-state index contributed by atoms with van der Waals surface area (Å²) in [6.07, 6.45) is -8.80. The molecule has 3 aromatic carbocycles. The second kappa shape index (κ2) is 11.7. The molecule has 0 spiro atoms. The predicted octanol–water partition coefficient (Wildman–Crippen LogP) is 2.32. The molecule has 5 unspecified atom stereocenters. The highest BCUT2D eigenvalue weighted by Crippen LogP contribution is 2.43. The van der Waals surface area contributed by atoms with Crippen molar-refractivity contribution in [2.75, 3.05) is 19.5 Å². The maximum Gasteiger partial charge on any atom is 0.256 e. The molecule has 1 amide bonds. The van der Waals surface area contributed by atoms with Gasteiger partial charge in [-0.3, -0.25) is 9.59 Å². The summed E-state index contributed by atoms with van der Waals surface area (Å²) in [5, 5.41) is 45.0. The first-order valence-electron chi connectivity index (χ1n) is 12.9. The van der Waals surface area contributed by atoms with Gasteiger partial charge in [0.05, 0.1) is 14.2 Å². The maximum absolute atomic E-state index is 13.0. The van der Waals surface area contributed by atoms with Crippen molar-refractivity contribution in [3.05, 3.63) is 76.5 Å². The van der Waals surface area contributed by atoms with Gasteiger partial charge in [0.2, 0.25) is 12.0 Å². The molecule has 42 heavy (non-hydrogen) atoms. The van der Waals surface area contributed by atoms with E-state index in [-0.39, 0.29) is 28.2 Å². The van der Waals surface area contributed by atoms with Crippen molar-refractivity contribution >= 4 is 22.6 Å². The Morgan fingerprint density at radius 1 is 0.929 bits per heavy atom. The van der Waals surface area contributed by atoms with Gasteiger partial charge in [-0.15, -0.1) is 0 Å². The Hall–Kier alpha value is -4.62. The number of aliphatic hydroxyl groups excluding tert-OH is 3. The van der Waals surface area contributed by atoms with Crippen LogP contribution >= 0.6 is 0 Å². The zero-order valence-electron chi connectivity index (χ0n) is 22.8. The molecule has 0 saturated carbocycles. The van der Waals surface area contributed by atoms with Gasteiger partial charge >= 0.3 is 0 Å². The average molecular weight is 580 g/mol. The van der Waals surface area contributed by atoms with Gasteiger partial charge in [0.1, 0.15) is 40.8 Å². The van der Waals surface area contributed by atoms with E-state index in [1.807, 2.05) is 13.0 Å². The molecule has 1 aliphatic heterocycles. The third-order valence-corrected chi connectivity index (χ3v) is 6.85. The monoisotopic (exact) mass is 579 g/mol. The minimum atomic E-state index is -1.84. The molecule has 12 nitrogen and oxygen atoms in total. The summed E-state index contributed by atoms with van der Waals surface area (Å²) in [5.41, 5.74) is 1.21. The second-order valence-electron chi connectivity index (χ2n) is 9.71. The Morgan fingerprint density at radius 3 is 2.33 bits per heavy atom. The number of ether oxygens (including phenoxy) is 4. The maximum atomic E-state index is 13.0. The Bertz CT molecular complexity index is 1670. The highest BCUT2D eigenvalue weighted by atomic mass is 16.7. The van der Waals surface area contributed by atoms with Gasteiger partial charge in [0.15, 0.2) is 23.0 Å². The number of amides is 1. The van der Waals surface area contributed by atoms with Crippen LogP contribution in [0.15, 0.2) is 69.9 Å². The number of phenols is 1. The number of aromatic hydroxyl groups is 1. The van der Waals surface area contributed by atoms with Crippen LogP contribution in [0.1, 0.15) is 5.56 Å². The molecule has 1 aromatic heterocycles. The SMILES string of the molecule is COc1ccc(-c2cc(=O)c3c(O)c(OC)c(OC4OC(C(=O)Nc5cccc(C)c5)C(O)C(O)C4O)cc3o2)cc1. The highest BCUT2D eigenvalue weighted by molar-refractivity contribution is 5.95. The van der Waals surface area contributed by atoms with E-state index in [0.29, 0.717) is 17.0 Å². The summed E-state index contributed by atoms with van der Waals surface area (Å²) in [7, 11) is 2.74. The van der Waals surface area contributed by atoms with Crippen LogP contribution in [-0.4, -0.2) is 71.3 Å². The molecule has 5 N–H and O–H groups in total. The largest absolute Gasteiger partial charge is 0.504 e. The van der Waals surface area contributed by atoms with E-state index in [2.05, 4.69) is 5.32 Å². The van der Waals surface area contributed by atoms with E-state index in [9.17, 15) is 30.0 Å². The van der Waals surface area contributed by atoms with Crippen LogP contribution in [0.4, 0.5) is 5.69 Å². The van der Waals surface area contributed by atoms with Gasteiger partial charge in [-0.25, -0.2) is 0 Å². The number of phenolic OH excluding ortho intramolecular Hbond substituents is 1. The van der Waals surface area contributed by atoms with E-state index >= 15 is 0 Å².